The molecule has 33 heavy (non-hydrogen) atoms. The number of benzene rings is 2. The fraction of sp³-hybridized carbons (Fsp3) is 0.280. The van der Waals surface area contributed by atoms with Crippen LogP contribution >= 0.6 is 0 Å². The van der Waals surface area contributed by atoms with E-state index in [1.165, 1.54) is 22.3 Å². The van der Waals surface area contributed by atoms with Crippen molar-refractivity contribution in [2.75, 3.05) is 7.05 Å². The van der Waals surface area contributed by atoms with E-state index >= 15 is 0 Å². The summed E-state index contributed by atoms with van der Waals surface area (Å²) < 4.78 is 7.21. The lowest BCUT2D eigenvalue weighted by atomic mass is 9.98. The molecule has 0 spiro atoms. The first kappa shape index (κ1) is 22.3. The summed E-state index contributed by atoms with van der Waals surface area (Å²) >= 11 is 0. The predicted octanol–water partition coefficient (Wildman–Crippen LogP) is 3.97. The fourth-order valence-corrected chi connectivity index (χ4v) is 3.50. The zero-order chi connectivity index (χ0) is 23.0. The van der Waals surface area contributed by atoms with Gasteiger partial charge in [0.25, 0.3) is 0 Å². The van der Waals surface area contributed by atoms with E-state index in [1.54, 1.807) is 19.7 Å². The SMILES string of the molecule is CN=C(NCc1cc(C(C)C)no1)NCc1ccccc1-c1ccc(Cn2cncn2)cc1. The molecule has 0 aliphatic heterocycles. The van der Waals surface area contributed by atoms with Crippen LogP contribution in [0.5, 0.6) is 0 Å². The second kappa shape index (κ2) is 10.6. The molecular weight excluding hydrogens is 414 g/mol. The average Bonchev–Trinajstić information content (AvgIpc) is 3.52. The van der Waals surface area contributed by atoms with Gasteiger partial charge in [0, 0.05) is 19.7 Å². The van der Waals surface area contributed by atoms with Gasteiger partial charge < -0.3 is 15.2 Å². The Bertz CT molecular complexity index is 1180. The number of nitrogens with one attached hydrogen (secondary N) is 2. The van der Waals surface area contributed by atoms with Gasteiger partial charge in [-0.15, -0.1) is 0 Å². The van der Waals surface area contributed by atoms with Crippen molar-refractivity contribution in [3.05, 3.63) is 89.8 Å². The quantitative estimate of drug-likeness (QED) is 0.316. The van der Waals surface area contributed by atoms with Crippen LogP contribution in [0, 0.1) is 0 Å². The van der Waals surface area contributed by atoms with Crippen LogP contribution in [0.3, 0.4) is 0 Å². The van der Waals surface area contributed by atoms with E-state index in [-0.39, 0.29) is 0 Å². The van der Waals surface area contributed by atoms with Gasteiger partial charge in [0.1, 0.15) is 12.7 Å². The summed E-state index contributed by atoms with van der Waals surface area (Å²) in [5, 5.41) is 15.0. The molecule has 170 valence electrons. The van der Waals surface area contributed by atoms with Crippen LogP contribution < -0.4 is 10.6 Å². The van der Waals surface area contributed by atoms with Crippen molar-refractivity contribution in [3.63, 3.8) is 0 Å². The minimum atomic E-state index is 0.341. The van der Waals surface area contributed by atoms with Crippen molar-refractivity contribution < 1.29 is 4.52 Å². The summed E-state index contributed by atoms with van der Waals surface area (Å²) in [5.74, 6) is 1.83. The normalized spacial score (nSPS) is 11.7. The van der Waals surface area contributed by atoms with Crippen molar-refractivity contribution in [1.29, 1.82) is 0 Å². The number of aliphatic imine (C=N–C) groups is 1. The first-order valence-corrected chi connectivity index (χ1v) is 11.0. The minimum Gasteiger partial charge on any atom is -0.359 e. The Balaban J connectivity index is 1.38. The van der Waals surface area contributed by atoms with E-state index in [9.17, 15) is 0 Å². The summed E-state index contributed by atoms with van der Waals surface area (Å²) in [7, 11) is 1.76. The van der Waals surface area contributed by atoms with E-state index in [1.807, 2.05) is 10.7 Å². The number of nitrogens with zero attached hydrogens (tertiary/aromatic N) is 5. The third-order valence-electron chi connectivity index (χ3n) is 5.36. The Kier molecular flexibility index (Phi) is 7.14. The summed E-state index contributed by atoms with van der Waals surface area (Å²) in [5.41, 5.74) is 5.67. The van der Waals surface area contributed by atoms with E-state index in [0.29, 0.717) is 31.5 Å². The van der Waals surface area contributed by atoms with Gasteiger partial charge in [-0.3, -0.25) is 4.99 Å². The van der Waals surface area contributed by atoms with E-state index in [4.69, 9.17) is 4.52 Å². The van der Waals surface area contributed by atoms with Crippen LogP contribution in [0.15, 0.2) is 76.8 Å². The Hall–Kier alpha value is -3.94. The van der Waals surface area contributed by atoms with Crippen molar-refractivity contribution in [1.82, 2.24) is 30.6 Å². The van der Waals surface area contributed by atoms with Crippen LogP contribution in [0.2, 0.25) is 0 Å². The predicted molar refractivity (Wildman–Crippen MR) is 129 cm³/mol. The smallest absolute Gasteiger partial charge is 0.191 e. The largest absolute Gasteiger partial charge is 0.359 e. The van der Waals surface area contributed by atoms with Gasteiger partial charge in [0.05, 0.1) is 18.8 Å². The second-order valence-electron chi connectivity index (χ2n) is 8.10. The molecule has 4 rings (SSSR count). The Morgan fingerprint density at radius 2 is 1.85 bits per heavy atom. The lowest BCUT2D eigenvalue weighted by Crippen LogP contribution is -2.36. The molecule has 0 fully saturated rings. The van der Waals surface area contributed by atoms with Crippen LogP contribution in [0.1, 0.15) is 42.3 Å². The molecule has 2 aromatic heterocycles. The van der Waals surface area contributed by atoms with Crippen molar-refractivity contribution in [2.45, 2.75) is 39.4 Å². The molecule has 0 saturated carbocycles. The molecule has 0 amide bonds. The summed E-state index contributed by atoms with van der Waals surface area (Å²) in [6.45, 7) is 6.06. The Labute approximate surface area is 193 Å². The highest BCUT2D eigenvalue weighted by Gasteiger charge is 2.09. The maximum Gasteiger partial charge on any atom is 0.191 e. The molecule has 0 atom stereocenters. The summed E-state index contributed by atoms with van der Waals surface area (Å²) in [4.78, 5) is 8.33. The zero-order valence-electron chi connectivity index (χ0n) is 19.2. The molecule has 8 nitrogen and oxygen atoms in total. The maximum atomic E-state index is 5.40. The van der Waals surface area contributed by atoms with Crippen molar-refractivity contribution in [3.8, 4) is 11.1 Å². The number of hydrogen-bond acceptors (Lipinski definition) is 5. The topological polar surface area (TPSA) is 93.2 Å². The Morgan fingerprint density at radius 1 is 1.06 bits per heavy atom. The van der Waals surface area contributed by atoms with Crippen molar-refractivity contribution >= 4 is 5.96 Å². The van der Waals surface area contributed by atoms with E-state index < -0.39 is 0 Å². The number of rotatable bonds is 8. The number of aromatic nitrogens is 4. The molecule has 8 heteroatoms. The molecule has 0 saturated heterocycles. The molecule has 0 aliphatic rings. The van der Waals surface area contributed by atoms with Gasteiger partial charge in [-0.1, -0.05) is 67.5 Å². The monoisotopic (exact) mass is 443 g/mol. The van der Waals surface area contributed by atoms with Crippen LogP contribution in [0.25, 0.3) is 11.1 Å². The van der Waals surface area contributed by atoms with Gasteiger partial charge in [-0.25, -0.2) is 9.67 Å². The van der Waals surface area contributed by atoms with Gasteiger partial charge in [0.15, 0.2) is 11.7 Å². The summed E-state index contributed by atoms with van der Waals surface area (Å²) in [6, 6.07) is 18.9. The summed E-state index contributed by atoms with van der Waals surface area (Å²) in [6.07, 6.45) is 3.27. The first-order chi connectivity index (χ1) is 16.1. The highest BCUT2D eigenvalue weighted by molar-refractivity contribution is 5.80. The second-order valence-corrected chi connectivity index (χ2v) is 8.10. The van der Waals surface area contributed by atoms with Crippen LogP contribution in [0.4, 0.5) is 0 Å². The first-order valence-electron chi connectivity index (χ1n) is 11.0. The highest BCUT2D eigenvalue weighted by atomic mass is 16.5. The molecular formula is C25H29N7O. The number of guanidine groups is 1. The van der Waals surface area contributed by atoms with Gasteiger partial charge in [0.2, 0.25) is 0 Å². The fourth-order valence-electron chi connectivity index (χ4n) is 3.50. The van der Waals surface area contributed by atoms with Gasteiger partial charge >= 0.3 is 0 Å². The van der Waals surface area contributed by atoms with Gasteiger partial charge in [-0.2, -0.15) is 5.10 Å². The lowest BCUT2D eigenvalue weighted by Gasteiger charge is -2.14. The standard InChI is InChI=1S/C25H29N7O/c1-18(2)24-12-22(33-31-24)14-29-25(26-3)28-13-21-6-4-5-7-23(21)20-10-8-19(9-11-20)15-32-17-27-16-30-32/h4-12,16-18H,13-15H2,1-3H3,(H2,26,28,29). The average molecular weight is 444 g/mol. The molecule has 4 aromatic rings. The molecule has 2 heterocycles. The third-order valence-corrected chi connectivity index (χ3v) is 5.36. The third kappa shape index (κ3) is 5.85. The lowest BCUT2D eigenvalue weighted by molar-refractivity contribution is 0.372. The van der Waals surface area contributed by atoms with E-state index in [2.05, 4.69) is 93.2 Å². The highest BCUT2D eigenvalue weighted by Crippen LogP contribution is 2.24. The molecule has 2 N–H and O–H groups in total. The Morgan fingerprint density at radius 3 is 2.55 bits per heavy atom. The molecule has 2 aromatic carbocycles. The zero-order valence-corrected chi connectivity index (χ0v) is 19.2. The van der Waals surface area contributed by atoms with Crippen LogP contribution in [-0.2, 0) is 19.6 Å². The van der Waals surface area contributed by atoms with Crippen LogP contribution in [-0.4, -0.2) is 32.9 Å². The van der Waals surface area contributed by atoms with E-state index in [0.717, 1.165) is 11.5 Å². The van der Waals surface area contributed by atoms with Gasteiger partial charge in [-0.05, 0) is 28.2 Å². The molecule has 0 unspecified atom stereocenters. The maximum absolute atomic E-state index is 5.40. The minimum absolute atomic E-state index is 0.341. The molecule has 0 radical (unpaired) electrons. The molecule has 0 bridgehead atoms. The number of hydrogen-bond donors (Lipinski definition) is 2. The molecule has 0 aliphatic carbocycles. The van der Waals surface area contributed by atoms with Crippen molar-refractivity contribution in [2.24, 2.45) is 4.99 Å².